The number of hydrogen-bond donors (Lipinski definition) is 1. The van der Waals surface area contributed by atoms with Crippen LogP contribution in [0.4, 0.5) is 8.78 Å². The number of amides is 1. The molecule has 1 aromatic heterocycles. The van der Waals surface area contributed by atoms with Crippen molar-refractivity contribution in [1.82, 2.24) is 14.7 Å². The lowest BCUT2D eigenvalue weighted by atomic mass is 9.96. The fraction of sp³-hybridized carbons (Fsp3) is 0.412. The highest BCUT2D eigenvalue weighted by Gasteiger charge is 2.27. The quantitative estimate of drug-likeness (QED) is 0.936. The molecule has 1 aromatic carbocycles. The Hall–Kier alpha value is -2.28. The van der Waals surface area contributed by atoms with Crippen molar-refractivity contribution in [2.24, 2.45) is 18.7 Å². The lowest BCUT2D eigenvalue weighted by Gasteiger charge is -2.31. The van der Waals surface area contributed by atoms with Gasteiger partial charge in [-0.3, -0.25) is 9.48 Å². The largest absolute Gasteiger partial charge is 0.339 e. The number of aromatic nitrogens is 2. The summed E-state index contributed by atoms with van der Waals surface area (Å²) in [6, 6.07) is 3.27. The molecule has 1 saturated heterocycles. The molecule has 0 atom stereocenters. The minimum absolute atomic E-state index is 0.122. The highest BCUT2D eigenvalue weighted by molar-refractivity contribution is 5.99. The van der Waals surface area contributed by atoms with E-state index in [0.29, 0.717) is 31.1 Å². The van der Waals surface area contributed by atoms with Gasteiger partial charge in [0.15, 0.2) is 0 Å². The third kappa shape index (κ3) is 3.17. The van der Waals surface area contributed by atoms with Crippen molar-refractivity contribution < 1.29 is 13.6 Å². The topological polar surface area (TPSA) is 64.2 Å². The van der Waals surface area contributed by atoms with Crippen molar-refractivity contribution in [2.75, 3.05) is 19.6 Å². The fourth-order valence-corrected chi connectivity index (χ4v) is 3.07. The van der Waals surface area contributed by atoms with Crippen molar-refractivity contribution in [3.05, 3.63) is 41.6 Å². The number of nitrogens with two attached hydrogens (primary N) is 1. The smallest absolute Gasteiger partial charge is 0.257 e. The molecule has 24 heavy (non-hydrogen) atoms. The van der Waals surface area contributed by atoms with Crippen molar-refractivity contribution in [3.63, 3.8) is 0 Å². The summed E-state index contributed by atoms with van der Waals surface area (Å²) in [5, 5.41) is 4.21. The Bertz CT molecular complexity index is 751. The lowest BCUT2D eigenvalue weighted by molar-refractivity contribution is 0.0694. The number of rotatable bonds is 3. The highest BCUT2D eigenvalue weighted by Crippen LogP contribution is 2.27. The van der Waals surface area contributed by atoms with E-state index in [9.17, 15) is 13.6 Å². The molecule has 1 amide bonds. The average Bonchev–Trinajstić information content (AvgIpc) is 2.96. The van der Waals surface area contributed by atoms with Crippen LogP contribution in [0.2, 0.25) is 0 Å². The molecule has 0 spiro atoms. The van der Waals surface area contributed by atoms with Crippen LogP contribution in [0, 0.1) is 17.6 Å². The number of carbonyl (C=O) groups excluding carboxylic acids is 1. The minimum atomic E-state index is -0.732. The first-order valence-electron chi connectivity index (χ1n) is 7.98. The lowest BCUT2D eigenvalue weighted by Crippen LogP contribution is -2.40. The molecule has 3 rings (SSSR count). The maximum atomic E-state index is 14.1. The first-order valence-corrected chi connectivity index (χ1v) is 7.98. The van der Waals surface area contributed by atoms with Gasteiger partial charge in [0, 0.05) is 38.0 Å². The first kappa shape index (κ1) is 16.6. The molecule has 0 radical (unpaired) electrons. The number of hydrogen-bond acceptors (Lipinski definition) is 3. The zero-order valence-electron chi connectivity index (χ0n) is 13.5. The third-order valence-electron chi connectivity index (χ3n) is 4.48. The molecule has 0 unspecified atom stereocenters. The summed E-state index contributed by atoms with van der Waals surface area (Å²) in [4.78, 5) is 14.6. The van der Waals surface area contributed by atoms with Gasteiger partial charge in [-0.15, -0.1) is 0 Å². The molecule has 2 aromatic rings. The summed E-state index contributed by atoms with van der Waals surface area (Å²) in [7, 11) is 1.67. The Morgan fingerprint density at radius 1 is 1.33 bits per heavy atom. The molecule has 1 aliphatic heterocycles. The van der Waals surface area contributed by atoms with Gasteiger partial charge in [-0.1, -0.05) is 0 Å². The zero-order valence-corrected chi connectivity index (χ0v) is 13.5. The summed E-state index contributed by atoms with van der Waals surface area (Å²) in [6.07, 6.45) is 3.31. The van der Waals surface area contributed by atoms with Gasteiger partial charge < -0.3 is 10.6 Å². The molecule has 7 heteroatoms. The second-order valence-corrected chi connectivity index (χ2v) is 6.16. The van der Waals surface area contributed by atoms with Crippen molar-refractivity contribution in [2.45, 2.75) is 12.8 Å². The fourth-order valence-electron chi connectivity index (χ4n) is 3.07. The van der Waals surface area contributed by atoms with E-state index in [1.54, 1.807) is 18.1 Å². The molecular formula is C17H20F2N4O. The number of benzene rings is 1. The normalized spacial score (nSPS) is 15.8. The maximum absolute atomic E-state index is 14.1. The SMILES string of the molecule is Cn1cc(C(=O)N2CCC(CN)CC2)c(-c2ccc(F)cc2F)n1. The first-order chi connectivity index (χ1) is 11.5. The van der Waals surface area contributed by atoms with Crippen LogP contribution >= 0.6 is 0 Å². The van der Waals surface area contributed by atoms with E-state index in [4.69, 9.17) is 5.73 Å². The predicted octanol–water partition coefficient (Wildman–Crippen LogP) is 2.18. The second-order valence-electron chi connectivity index (χ2n) is 6.16. The number of carbonyl (C=O) groups is 1. The van der Waals surface area contributed by atoms with Crippen LogP contribution in [-0.4, -0.2) is 40.2 Å². The van der Waals surface area contributed by atoms with E-state index in [1.807, 2.05) is 0 Å². The molecule has 1 aliphatic rings. The van der Waals surface area contributed by atoms with Crippen LogP contribution in [-0.2, 0) is 7.05 Å². The predicted molar refractivity (Wildman–Crippen MR) is 86.2 cm³/mol. The molecule has 128 valence electrons. The van der Waals surface area contributed by atoms with Crippen molar-refractivity contribution >= 4 is 5.91 Å². The summed E-state index contributed by atoms with van der Waals surface area (Å²) in [6.45, 7) is 1.88. The monoisotopic (exact) mass is 334 g/mol. The summed E-state index contributed by atoms with van der Waals surface area (Å²) in [5.74, 6) is -1.14. The molecule has 2 heterocycles. The van der Waals surface area contributed by atoms with Crippen LogP contribution < -0.4 is 5.73 Å². The summed E-state index contributed by atoms with van der Waals surface area (Å²) in [5.41, 5.74) is 6.37. The number of piperidine rings is 1. The minimum Gasteiger partial charge on any atom is -0.339 e. The van der Waals surface area contributed by atoms with E-state index < -0.39 is 11.6 Å². The Morgan fingerprint density at radius 3 is 2.67 bits per heavy atom. The van der Waals surface area contributed by atoms with Gasteiger partial charge in [-0.05, 0) is 37.4 Å². The molecule has 0 bridgehead atoms. The van der Waals surface area contributed by atoms with E-state index >= 15 is 0 Å². The van der Waals surface area contributed by atoms with E-state index in [0.717, 1.165) is 25.0 Å². The van der Waals surface area contributed by atoms with Gasteiger partial charge in [0.1, 0.15) is 17.3 Å². The average molecular weight is 334 g/mol. The Morgan fingerprint density at radius 2 is 2.04 bits per heavy atom. The zero-order chi connectivity index (χ0) is 17.3. The van der Waals surface area contributed by atoms with Crippen molar-refractivity contribution in [1.29, 1.82) is 0 Å². The summed E-state index contributed by atoms with van der Waals surface area (Å²) >= 11 is 0. The highest BCUT2D eigenvalue weighted by atomic mass is 19.1. The van der Waals surface area contributed by atoms with Crippen LogP contribution in [0.3, 0.4) is 0 Å². The van der Waals surface area contributed by atoms with Crippen LogP contribution in [0.25, 0.3) is 11.3 Å². The number of likely N-dealkylation sites (tertiary alicyclic amines) is 1. The van der Waals surface area contributed by atoms with Gasteiger partial charge in [0.25, 0.3) is 5.91 Å². The van der Waals surface area contributed by atoms with Crippen LogP contribution in [0.5, 0.6) is 0 Å². The number of aryl methyl sites for hydroxylation is 1. The Balaban J connectivity index is 1.90. The standard InChI is InChI=1S/C17H20F2N4O/c1-22-10-14(17(24)23-6-4-11(9-20)5-7-23)16(21-22)13-3-2-12(18)8-15(13)19/h2-3,8,10-11H,4-7,9,20H2,1H3. The Labute approximate surface area is 139 Å². The second kappa shape index (κ2) is 6.68. The van der Waals surface area contributed by atoms with Gasteiger partial charge in [-0.25, -0.2) is 8.78 Å². The van der Waals surface area contributed by atoms with E-state index in [1.165, 1.54) is 10.7 Å². The van der Waals surface area contributed by atoms with E-state index in [-0.39, 0.29) is 17.2 Å². The van der Waals surface area contributed by atoms with Crippen LogP contribution in [0.1, 0.15) is 23.2 Å². The van der Waals surface area contributed by atoms with Gasteiger partial charge in [0.05, 0.1) is 5.56 Å². The molecule has 0 saturated carbocycles. The summed E-state index contributed by atoms with van der Waals surface area (Å²) < 4.78 is 28.7. The molecular weight excluding hydrogens is 314 g/mol. The van der Waals surface area contributed by atoms with Crippen LogP contribution in [0.15, 0.2) is 24.4 Å². The van der Waals surface area contributed by atoms with Gasteiger partial charge >= 0.3 is 0 Å². The number of nitrogens with zero attached hydrogens (tertiary/aromatic N) is 3. The van der Waals surface area contributed by atoms with Gasteiger partial charge in [0.2, 0.25) is 0 Å². The third-order valence-corrected chi connectivity index (χ3v) is 4.48. The molecule has 0 aliphatic carbocycles. The van der Waals surface area contributed by atoms with Gasteiger partial charge in [-0.2, -0.15) is 5.10 Å². The molecule has 1 fully saturated rings. The van der Waals surface area contributed by atoms with E-state index in [2.05, 4.69) is 5.10 Å². The molecule has 5 nitrogen and oxygen atoms in total. The number of halogens is 2. The van der Waals surface area contributed by atoms with Crippen molar-refractivity contribution in [3.8, 4) is 11.3 Å². The maximum Gasteiger partial charge on any atom is 0.257 e. The Kier molecular flexibility index (Phi) is 4.62. The molecule has 2 N–H and O–H groups in total.